The van der Waals surface area contributed by atoms with Gasteiger partial charge in [-0.25, -0.2) is 4.98 Å². The first kappa shape index (κ1) is 33.9. The molecule has 274 valence electrons. The van der Waals surface area contributed by atoms with Gasteiger partial charge in [0.25, 0.3) is 0 Å². The quantitative estimate of drug-likeness (QED) is 0.159. The number of hydrogen-bond acceptors (Lipinski definition) is 3. The average molecular weight is 742 g/mol. The van der Waals surface area contributed by atoms with E-state index in [1.165, 1.54) is 44.2 Å². The van der Waals surface area contributed by atoms with Crippen LogP contribution in [0.3, 0.4) is 0 Å². The molecular formula is C55H39N3. The van der Waals surface area contributed by atoms with Crippen molar-refractivity contribution in [1.82, 2.24) is 9.97 Å². The lowest BCUT2D eigenvalue weighted by Gasteiger charge is -2.28. The normalized spacial score (nSPS) is 12.8. The summed E-state index contributed by atoms with van der Waals surface area (Å²) in [6.07, 6.45) is 1.92. The number of anilines is 3. The molecule has 11 rings (SSSR count). The first-order chi connectivity index (χ1) is 28.5. The van der Waals surface area contributed by atoms with Crippen LogP contribution in [-0.2, 0) is 5.41 Å². The van der Waals surface area contributed by atoms with Crippen molar-refractivity contribution in [3.63, 3.8) is 0 Å². The number of benzene rings is 9. The molecule has 0 radical (unpaired) electrons. The van der Waals surface area contributed by atoms with Crippen LogP contribution in [0.15, 0.2) is 200 Å². The van der Waals surface area contributed by atoms with Gasteiger partial charge in [0, 0.05) is 38.8 Å². The van der Waals surface area contributed by atoms with Crippen LogP contribution in [0, 0.1) is 0 Å². The van der Waals surface area contributed by atoms with Gasteiger partial charge in [-0.2, -0.15) is 0 Å². The predicted octanol–water partition coefficient (Wildman–Crippen LogP) is 14.7. The Bertz CT molecular complexity index is 3150. The molecule has 0 unspecified atom stereocenters. The molecule has 1 aromatic heterocycles. The number of hydrogen-bond donors (Lipinski definition) is 0. The third kappa shape index (κ3) is 5.50. The molecule has 0 N–H and O–H groups in total. The largest absolute Gasteiger partial charge is 0.310 e. The minimum Gasteiger partial charge on any atom is -0.310 e. The molecule has 3 nitrogen and oxygen atoms in total. The summed E-state index contributed by atoms with van der Waals surface area (Å²) in [5.41, 5.74) is 17.0. The van der Waals surface area contributed by atoms with E-state index in [1.54, 1.807) is 0 Å². The Balaban J connectivity index is 0.977. The molecule has 0 saturated heterocycles. The standard InChI is InChI=1S/C55H39N3/c1-55(2)50-22-11-10-19-46(50)47-32-31-43(34-51(47)55)58(41-27-23-37(24-28-41)36-13-4-3-5-14-36)42-29-25-38(26-30-42)39-15-12-16-40(33-39)52-35-56-53-48-20-8-6-17-44(48)45-18-7-9-21-49(45)54(53)57-52/h3-35H,1-2H3. The Labute approximate surface area is 338 Å². The molecule has 9 aromatic carbocycles. The molecule has 0 bridgehead atoms. The number of nitrogens with zero attached hydrogens (tertiary/aromatic N) is 3. The molecule has 1 aliphatic rings. The zero-order chi connectivity index (χ0) is 38.8. The van der Waals surface area contributed by atoms with E-state index in [1.807, 2.05) is 6.20 Å². The van der Waals surface area contributed by atoms with E-state index in [-0.39, 0.29) is 5.41 Å². The Hall–Kier alpha value is -7.36. The summed E-state index contributed by atoms with van der Waals surface area (Å²) in [6, 6.07) is 69.9. The van der Waals surface area contributed by atoms with Crippen molar-refractivity contribution in [3.05, 3.63) is 211 Å². The SMILES string of the molecule is CC1(C)c2ccccc2-c2ccc(N(c3ccc(-c4ccccc4)cc3)c3ccc(-c4cccc(-c5cnc6c7ccccc7c7ccccc7c6n5)c4)cc3)cc21. The maximum Gasteiger partial charge on any atom is 0.0979 e. The summed E-state index contributed by atoms with van der Waals surface area (Å²) >= 11 is 0. The van der Waals surface area contributed by atoms with Gasteiger partial charge in [-0.05, 0) is 97.7 Å². The third-order valence-electron chi connectivity index (χ3n) is 12.1. The Morgan fingerprint density at radius 3 is 1.60 bits per heavy atom. The van der Waals surface area contributed by atoms with Gasteiger partial charge in [0.1, 0.15) is 0 Å². The average Bonchev–Trinajstić information content (AvgIpc) is 3.52. The Kier molecular flexibility index (Phi) is 7.84. The molecule has 0 amide bonds. The van der Waals surface area contributed by atoms with Crippen LogP contribution < -0.4 is 4.90 Å². The lowest BCUT2D eigenvalue weighted by Crippen LogP contribution is -2.16. The fourth-order valence-corrected chi connectivity index (χ4v) is 9.14. The molecule has 0 aliphatic heterocycles. The predicted molar refractivity (Wildman–Crippen MR) is 243 cm³/mol. The van der Waals surface area contributed by atoms with Crippen LogP contribution in [0.5, 0.6) is 0 Å². The summed E-state index contributed by atoms with van der Waals surface area (Å²) in [5.74, 6) is 0. The molecule has 1 heterocycles. The van der Waals surface area contributed by atoms with Gasteiger partial charge in [-0.15, -0.1) is 0 Å². The Morgan fingerprint density at radius 2 is 0.897 bits per heavy atom. The molecule has 0 saturated carbocycles. The topological polar surface area (TPSA) is 29.0 Å². The highest BCUT2D eigenvalue weighted by Gasteiger charge is 2.35. The van der Waals surface area contributed by atoms with Crippen LogP contribution >= 0.6 is 0 Å². The molecule has 0 fully saturated rings. The van der Waals surface area contributed by atoms with Crippen molar-refractivity contribution < 1.29 is 0 Å². The maximum absolute atomic E-state index is 5.27. The lowest BCUT2D eigenvalue weighted by molar-refractivity contribution is 0.660. The van der Waals surface area contributed by atoms with Gasteiger partial charge in [0.15, 0.2) is 0 Å². The highest BCUT2D eigenvalue weighted by atomic mass is 15.1. The first-order valence-corrected chi connectivity index (χ1v) is 20.0. The van der Waals surface area contributed by atoms with Crippen LogP contribution in [0.4, 0.5) is 17.1 Å². The van der Waals surface area contributed by atoms with E-state index in [4.69, 9.17) is 9.97 Å². The van der Waals surface area contributed by atoms with Crippen LogP contribution in [0.1, 0.15) is 25.0 Å². The third-order valence-corrected chi connectivity index (χ3v) is 12.1. The molecule has 58 heavy (non-hydrogen) atoms. The van der Waals surface area contributed by atoms with Crippen molar-refractivity contribution in [2.45, 2.75) is 19.3 Å². The van der Waals surface area contributed by atoms with Gasteiger partial charge >= 0.3 is 0 Å². The van der Waals surface area contributed by atoms with Gasteiger partial charge < -0.3 is 4.90 Å². The minimum absolute atomic E-state index is 0.101. The zero-order valence-electron chi connectivity index (χ0n) is 32.4. The summed E-state index contributed by atoms with van der Waals surface area (Å²) < 4.78 is 0. The maximum atomic E-state index is 5.27. The van der Waals surface area contributed by atoms with Gasteiger partial charge in [-0.1, -0.05) is 166 Å². The van der Waals surface area contributed by atoms with Crippen molar-refractivity contribution >= 4 is 49.6 Å². The van der Waals surface area contributed by atoms with Crippen molar-refractivity contribution in [3.8, 4) is 44.6 Å². The highest BCUT2D eigenvalue weighted by molar-refractivity contribution is 6.23. The summed E-state index contributed by atoms with van der Waals surface area (Å²) in [6.45, 7) is 4.69. The van der Waals surface area contributed by atoms with E-state index >= 15 is 0 Å². The molecule has 0 atom stereocenters. The monoisotopic (exact) mass is 741 g/mol. The van der Waals surface area contributed by atoms with Crippen LogP contribution in [0.25, 0.3) is 77.2 Å². The van der Waals surface area contributed by atoms with E-state index in [0.29, 0.717) is 0 Å². The molecule has 10 aromatic rings. The van der Waals surface area contributed by atoms with Crippen molar-refractivity contribution in [1.29, 1.82) is 0 Å². The molecular weight excluding hydrogens is 703 g/mol. The zero-order valence-corrected chi connectivity index (χ0v) is 32.4. The number of fused-ring (bicyclic) bond motifs is 9. The van der Waals surface area contributed by atoms with Gasteiger partial charge in [0.2, 0.25) is 0 Å². The summed E-state index contributed by atoms with van der Waals surface area (Å²) in [5, 5.41) is 4.64. The molecule has 3 heteroatoms. The second-order valence-electron chi connectivity index (χ2n) is 15.8. The summed E-state index contributed by atoms with van der Waals surface area (Å²) in [7, 11) is 0. The van der Waals surface area contributed by atoms with Crippen molar-refractivity contribution in [2.24, 2.45) is 0 Å². The smallest absolute Gasteiger partial charge is 0.0979 e. The lowest BCUT2D eigenvalue weighted by atomic mass is 9.82. The highest BCUT2D eigenvalue weighted by Crippen LogP contribution is 2.50. The number of rotatable bonds is 6. The van der Waals surface area contributed by atoms with Crippen LogP contribution in [-0.4, -0.2) is 9.97 Å². The van der Waals surface area contributed by atoms with E-state index in [0.717, 1.165) is 61.3 Å². The second kappa shape index (κ2) is 13.4. The second-order valence-corrected chi connectivity index (χ2v) is 15.8. The van der Waals surface area contributed by atoms with Gasteiger partial charge in [-0.3, -0.25) is 4.98 Å². The summed E-state index contributed by atoms with van der Waals surface area (Å²) in [4.78, 5) is 12.7. The van der Waals surface area contributed by atoms with E-state index in [2.05, 4.69) is 213 Å². The fourth-order valence-electron chi connectivity index (χ4n) is 9.14. The molecule has 1 aliphatic carbocycles. The van der Waals surface area contributed by atoms with E-state index < -0.39 is 0 Å². The fraction of sp³-hybridized carbons (Fsp3) is 0.0545. The van der Waals surface area contributed by atoms with E-state index in [9.17, 15) is 0 Å². The number of aromatic nitrogens is 2. The first-order valence-electron chi connectivity index (χ1n) is 20.0. The minimum atomic E-state index is -0.101. The Morgan fingerprint density at radius 1 is 0.379 bits per heavy atom. The van der Waals surface area contributed by atoms with Gasteiger partial charge in [0.05, 0.1) is 22.9 Å². The van der Waals surface area contributed by atoms with Crippen molar-refractivity contribution in [2.75, 3.05) is 4.90 Å². The van der Waals surface area contributed by atoms with Crippen LogP contribution in [0.2, 0.25) is 0 Å². The molecule has 0 spiro atoms.